The van der Waals surface area contributed by atoms with E-state index < -0.39 is 0 Å². The van der Waals surface area contributed by atoms with Gasteiger partial charge in [-0.1, -0.05) is 20.3 Å². The van der Waals surface area contributed by atoms with E-state index in [-0.39, 0.29) is 17.6 Å². The molecule has 2 fully saturated rings. The van der Waals surface area contributed by atoms with Crippen molar-refractivity contribution in [3.05, 3.63) is 0 Å². The molecular formula is C13H24N2O3. The summed E-state index contributed by atoms with van der Waals surface area (Å²) in [6.45, 7) is 6.79. The topological polar surface area (TPSA) is 50.8 Å². The monoisotopic (exact) mass is 256 g/mol. The quantitative estimate of drug-likeness (QED) is 0.782. The van der Waals surface area contributed by atoms with Gasteiger partial charge in [0.2, 0.25) is 5.91 Å². The van der Waals surface area contributed by atoms with Crippen LogP contribution in [-0.4, -0.2) is 56.0 Å². The third-order valence-electron chi connectivity index (χ3n) is 4.27. The average Bonchev–Trinajstić information content (AvgIpc) is 2.98. The number of hydrogen-bond acceptors (Lipinski definition) is 4. The van der Waals surface area contributed by atoms with Crippen molar-refractivity contribution < 1.29 is 14.3 Å². The zero-order valence-corrected chi connectivity index (χ0v) is 11.6. The third-order valence-corrected chi connectivity index (χ3v) is 4.27. The van der Waals surface area contributed by atoms with Gasteiger partial charge < -0.3 is 14.4 Å². The number of amides is 1. The maximum atomic E-state index is 12.3. The van der Waals surface area contributed by atoms with E-state index in [1.807, 2.05) is 4.90 Å². The highest BCUT2D eigenvalue weighted by atomic mass is 16.5. The fourth-order valence-corrected chi connectivity index (χ4v) is 2.67. The molecule has 0 aromatic rings. The molecule has 1 N–H and O–H groups in total. The fourth-order valence-electron chi connectivity index (χ4n) is 2.67. The first-order chi connectivity index (χ1) is 8.62. The highest BCUT2D eigenvalue weighted by molar-refractivity contribution is 5.84. The molecule has 2 aliphatic heterocycles. The van der Waals surface area contributed by atoms with Crippen molar-refractivity contribution in [3.8, 4) is 0 Å². The number of carbonyl (C=O) groups is 1. The van der Waals surface area contributed by atoms with E-state index in [4.69, 9.17) is 9.47 Å². The van der Waals surface area contributed by atoms with Crippen LogP contribution in [0.4, 0.5) is 0 Å². The molecule has 18 heavy (non-hydrogen) atoms. The van der Waals surface area contributed by atoms with Gasteiger partial charge in [-0.05, 0) is 5.92 Å². The number of nitrogens with one attached hydrogen (secondary N) is 1. The van der Waals surface area contributed by atoms with E-state index >= 15 is 0 Å². The minimum absolute atomic E-state index is 0.0359. The summed E-state index contributed by atoms with van der Waals surface area (Å²) in [7, 11) is 1.70. The predicted octanol–water partition coefficient (Wildman–Crippen LogP) is 0.596. The Morgan fingerprint density at radius 2 is 2.44 bits per heavy atom. The number of rotatable bonds is 5. The first kappa shape index (κ1) is 13.8. The van der Waals surface area contributed by atoms with E-state index in [2.05, 4.69) is 19.2 Å². The average molecular weight is 256 g/mol. The molecule has 1 amide bonds. The van der Waals surface area contributed by atoms with E-state index in [9.17, 15) is 4.79 Å². The van der Waals surface area contributed by atoms with Crippen LogP contribution in [0.3, 0.4) is 0 Å². The molecule has 0 aromatic carbocycles. The fraction of sp³-hybridized carbons (Fsp3) is 0.923. The van der Waals surface area contributed by atoms with Crippen LogP contribution in [0.25, 0.3) is 0 Å². The Kier molecular flexibility index (Phi) is 4.25. The van der Waals surface area contributed by atoms with Crippen LogP contribution < -0.4 is 5.32 Å². The first-order valence-electron chi connectivity index (χ1n) is 6.77. The largest absolute Gasteiger partial charge is 0.378 e. The van der Waals surface area contributed by atoms with Crippen LogP contribution in [0.1, 0.15) is 26.7 Å². The smallest absolute Gasteiger partial charge is 0.241 e. The Balaban J connectivity index is 1.97. The van der Waals surface area contributed by atoms with Gasteiger partial charge in [0.15, 0.2) is 0 Å². The van der Waals surface area contributed by atoms with E-state index in [1.165, 1.54) is 0 Å². The molecule has 5 heteroatoms. The summed E-state index contributed by atoms with van der Waals surface area (Å²) in [6, 6.07) is -0.0359. The minimum Gasteiger partial charge on any atom is -0.378 e. The number of ether oxygens (including phenoxy) is 2. The zero-order valence-electron chi connectivity index (χ0n) is 11.6. The number of nitrogens with zero attached hydrogens (tertiary/aromatic N) is 1. The van der Waals surface area contributed by atoms with Crippen molar-refractivity contribution in [2.24, 2.45) is 5.92 Å². The second-order valence-corrected chi connectivity index (χ2v) is 5.45. The molecule has 104 valence electrons. The second-order valence-electron chi connectivity index (χ2n) is 5.45. The summed E-state index contributed by atoms with van der Waals surface area (Å²) >= 11 is 0. The Bertz CT molecular complexity index is 303. The van der Waals surface area contributed by atoms with Crippen LogP contribution in [0.2, 0.25) is 0 Å². The summed E-state index contributed by atoms with van der Waals surface area (Å²) in [5.41, 5.74) is -0.304. The van der Waals surface area contributed by atoms with E-state index in [0.717, 1.165) is 19.4 Å². The van der Waals surface area contributed by atoms with Crippen molar-refractivity contribution in [2.75, 3.05) is 33.5 Å². The summed E-state index contributed by atoms with van der Waals surface area (Å²) in [5, 5.41) is 3.30. The molecule has 3 atom stereocenters. The standard InChI is InChI=1S/C13H24N2O3/c1-4-10(2)11-12(16)15(9-14-11)7-13(17-3)5-6-18-8-13/h10-11,14H,4-9H2,1-3H3. The van der Waals surface area contributed by atoms with Gasteiger partial charge in [0.25, 0.3) is 0 Å². The molecule has 2 rings (SSSR count). The molecule has 2 heterocycles. The van der Waals surface area contributed by atoms with Crippen LogP contribution in [0, 0.1) is 5.92 Å². The molecule has 0 spiro atoms. The molecule has 2 saturated heterocycles. The Labute approximate surface area is 109 Å². The molecule has 5 nitrogen and oxygen atoms in total. The van der Waals surface area contributed by atoms with Gasteiger partial charge in [-0.2, -0.15) is 0 Å². The van der Waals surface area contributed by atoms with E-state index in [1.54, 1.807) is 7.11 Å². The van der Waals surface area contributed by atoms with Gasteiger partial charge in [0.1, 0.15) is 5.60 Å². The molecule has 0 aliphatic carbocycles. The first-order valence-corrected chi connectivity index (χ1v) is 6.77. The summed E-state index contributed by atoms with van der Waals surface area (Å²) in [5.74, 6) is 0.577. The van der Waals surface area contributed by atoms with Crippen molar-refractivity contribution in [1.82, 2.24) is 10.2 Å². The van der Waals surface area contributed by atoms with Crippen molar-refractivity contribution in [1.29, 1.82) is 0 Å². The second kappa shape index (κ2) is 5.55. The van der Waals surface area contributed by atoms with E-state index in [0.29, 0.717) is 25.7 Å². The van der Waals surface area contributed by atoms with Gasteiger partial charge in [0, 0.05) is 20.1 Å². The lowest BCUT2D eigenvalue weighted by Gasteiger charge is -2.30. The van der Waals surface area contributed by atoms with Crippen LogP contribution >= 0.6 is 0 Å². The molecule has 0 radical (unpaired) electrons. The SMILES string of the molecule is CCC(C)C1NCN(CC2(OC)CCOC2)C1=O. The number of hydrogen-bond donors (Lipinski definition) is 1. The number of methoxy groups -OCH3 is 1. The van der Waals surface area contributed by atoms with Gasteiger partial charge >= 0.3 is 0 Å². The molecule has 3 unspecified atom stereocenters. The van der Waals surface area contributed by atoms with Crippen molar-refractivity contribution >= 4 is 5.91 Å². The van der Waals surface area contributed by atoms with Crippen molar-refractivity contribution in [3.63, 3.8) is 0 Å². The summed E-state index contributed by atoms with van der Waals surface area (Å²) in [6.07, 6.45) is 1.87. The number of carbonyl (C=O) groups excluding carboxylic acids is 1. The van der Waals surface area contributed by atoms with Crippen LogP contribution in [-0.2, 0) is 14.3 Å². The van der Waals surface area contributed by atoms with Crippen LogP contribution in [0.5, 0.6) is 0 Å². The molecule has 0 aromatic heterocycles. The Hall–Kier alpha value is -0.650. The van der Waals surface area contributed by atoms with Gasteiger partial charge in [-0.3, -0.25) is 10.1 Å². The molecular weight excluding hydrogens is 232 g/mol. The molecule has 2 aliphatic rings. The Morgan fingerprint density at radius 3 is 3.00 bits per heavy atom. The lowest BCUT2D eigenvalue weighted by atomic mass is 9.98. The lowest BCUT2D eigenvalue weighted by molar-refractivity contribution is -0.134. The van der Waals surface area contributed by atoms with Crippen LogP contribution in [0.15, 0.2) is 0 Å². The van der Waals surface area contributed by atoms with Crippen molar-refractivity contribution in [2.45, 2.75) is 38.3 Å². The minimum atomic E-state index is -0.304. The lowest BCUT2D eigenvalue weighted by Crippen LogP contribution is -2.47. The van der Waals surface area contributed by atoms with Gasteiger partial charge in [-0.15, -0.1) is 0 Å². The Morgan fingerprint density at radius 1 is 1.67 bits per heavy atom. The third kappa shape index (κ3) is 2.53. The predicted molar refractivity (Wildman–Crippen MR) is 68.1 cm³/mol. The van der Waals surface area contributed by atoms with Gasteiger partial charge in [0.05, 0.1) is 25.9 Å². The highest BCUT2D eigenvalue weighted by Gasteiger charge is 2.42. The highest BCUT2D eigenvalue weighted by Crippen LogP contribution is 2.25. The van der Waals surface area contributed by atoms with Gasteiger partial charge in [-0.25, -0.2) is 0 Å². The maximum Gasteiger partial charge on any atom is 0.241 e. The molecule has 0 bridgehead atoms. The summed E-state index contributed by atoms with van der Waals surface area (Å²) < 4.78 is 11.0. The zero-order chi connectivity index (χ0) is 13.2. The maximum absolute atomic E-state index is 12.3. The molecule has 0 saturated carbocycles. The summed E-state index contributed by atoms with van der Waals surface area (Å²) in [4.78, 5) is 14.2. The normalized spacial score (nSPS) is 34.3.